The molecule has 1 aliphatic rings. The van der Waals surface area contributed by atoms with E-state index in [0.29, 0.717) is 13.1 Å². The van der Waals surface area contributed by atoms with Crippen LogP contribution in [0.2, 0.25) is 0 Å². The molecule has 4 nitrogen and oxygen atoms in total. The van der Waals surface area contributed by atoms with Crippen molar-refractivity contribution in [1.29, 1.82) is 0 Å². The highest BCUT2D eigenvalue weighted by Crippen LogP contribution is 2.32. The van der Waals surface area contributed by atoms with Crippen LogP contribution in [0, 0.1) is 5.92 Å². The van der Waals surface area contributed by atoms with E-state index in [4.69, 9.17) is 10.5 Å². The Morgan fingerprint density at radius 2 is 2.00 bits per heavy atom. The van der Waals surface area contributed by atoms with Gasteiger partial charge in [-0.1, -0.05) is 0 Å². The molecule has 1 saturated heterocycles. The zero-order valence-electron chi connectivity index (χ0n) is 12.7. The maximum Gasteiger partial charge on any atom is 0.410 e. The van der Waals surface area contributed by atoms with Gasteiger partial charge in [0.25, 0.3) is 0 Å². The fraction of sp³-hybridized carbons (Fsp3) is 0.929. The average molecular weight is 274 g/mol. The number of amides is 1. The van der Waals surface area contributed by atoms with E-state index in [2.05, 4.69) is 0 Å². The van der Waals surface area contributed by atoms with Crippen molar-refractivity contribution in [2.75, 3.05) is 13.1 Å². The minimum Gasteiger partial charge on any atom is -0.444 e. The summed E-state index contributed by atoms with van der Waals surface area (Å²) < 4.78 is 19.9. The summed E-state index contributed by atoms with van der Waals surface area (Å²) in [6.07, 6.45) is 1.18. The van der Waals surface area contributed by atoms with E-state index in [1.54, 1.807) is 11.8 Å². The van der Waals surface area contributed by atoms with Crippen LogP contribution < -0.4 is 5.73 Å². The lowest BCUT2D eigenvalue weighted by molar-refractivity contribution is -0.00692. The number of carbonyl (C=O) groups is 1. The van der Waals surface area contributed by atoms with Gasteiger partial charge in [-0.05, 0) is 47.5 Å². The van der Waals surface area contributed by atoms with Gasteiger partial charge < -0.3 is 15.4 Å². The van der Waals surface area contributed by atoms with Crippen molar-refractivity contribution in [3.63, 3.8) is 0 Å². The predicted molar refractivity (Wildman–Crippen MR) is 73.7 cm³/mol. The van der Waals surface area contributed by atoms with Gasteiger partial charge in [0.2, 0.25) is 0 Å². The lowest BCUT2D eigenvalue weighted by Gasteiger charge is -2.40. The number of nitrogens with two attached hydrogens (primary N) is 1. The number of carbonyl (C=O) groups excluding carboxylic acids is 1. The minimum atomic E-state index is -1.46. The number of rotatable bonds is 2. The molecule has 1 rings (SSSR count). The Bertz CT molecular complexity index is 324. The fourth-order valence-electron chi connectivity index (χ4n) is 2.30. The minimum absolute atomic E-state index is 0.228. The molecule has 1 fully saturated rings. The normalized spacial score (nSPS) is 25.6. The molecule has 5 heteroatoms. The Hall–Kier alpha value is -0.840. The first-order valence-corrected chi connectivity index (χ1v) is 6.96. The summed E-state index contributed by atoms with van der Waals surface area (Å²) in [5.41, 5.74) is 3.73. The number of piperidine rings is 1. The van der Waals surface area contributed by atoms with Gasteiger partial charge in [-0.2, -0.15) is 0 Å². The third kappa shape index (κ3) is 4.34. The summed E-state index contributed by atoms with van der Waals surface area (Å²) in [7, 11) is 0. The van der Waals surface area contributed by atoms with Crippen molar-refractivity contribution in [2.24, 2.45) is 11.7 Å². The molecule has 0 saturated carbocycles. The molecule has 19 heavy (non-hydrogen) atoms. The maximum atomic E-state index is 14.6. The summed E-state index contributed by atoms with van der Waals surface area (Å²) in [5, 5.41) is 0. The van der Waals surface area contributed by atoms with Gasteiger partial charge in [0.1, 0.15) is 11.3 Å². The Morgan fingerprint density at radius 3 is 2.47 bits per heavy atom. The third-order valence-electron chi connectivity index (χ3n) is 3.76. The average Bonchev–Trinajstić information content (AvgIpc) is 2.26. The molecular weight excluding hydrogens is 247 g/mol. The number of ether oxygens (including phenoxy) is 1. The second-order valence-electron chi connectivity index (χ2n) is 6.71. The summed E-state index contributed by atoms with van der Waals surface area (Å²) in [5.74, 6) is -0.228. The summed E-state index contributed by atoms with van der Waals surface area (Å²) in [4.78, 5) is 13.6. The molecule has 0 aliphatic carbocycles. The number of halogens is 1. The van der Waals surface area contributed by atoms with Crippen LogP contribution in [-0.4, -0.2) is 41.4 Å². The largest absolute Gasteiger partial charge is 0.444 e. The molecule has 0 radical (unpaired) electrons. The van der Waals surface area contributed by atoms with Crippen molar-refractivity contribution >= 4 is 6.09 Å². The fourth-order valence-corrected chi connectivity index (χ4v) is 2.30. The third-order valence-corrected chi connectivity index (χ3v) is 3.76. The molecule has 0 spiro atoms. The molecule has 1 aliphatic heterocycles. The Kier molecular flexibility index (Phi) is 4.82. The van der Waals surface area contributed by atoms with E-state index in [0.717, 1.165) is 12.8 Å². The SMILES string of the molecule is CC(N)C(C)(F)C1CCCN(C(=O)OC(C)(C)C)C1. The molecule has 112 valence electrons. The predicted octanol–water partition coefficient (Wildman–Crippen LogP) is 2.71. The van der Waals surface area contributed by atoms with Crippen LogP contribution in [0.3, 0.4) is 0 Å². The van der Waals surface area contributed by atoms with Crippen LogP contribution in [0.4, 0.5) is 9.18 Å². The first-order chi connectivity index (χ1) is 8.54. The lowest BCUT2D eigenvalue weighted by Crippen LogP contribution is -2.53. The molecule has 0 aromatic rings. The summed E-state index contributed by atoms with van der Waals surface area (Å²) in [6, 6.07) is -0.545. The van der Waals surface area contributed by atoms with Crippen LogP contribution in [0.1, 0.15) is 47.5 Å². The quantitative estimate of drug-likeness (QED) is 0.842. The molecule has 0 bridgehead atoms. The summed E-state index contributed by atoms with van der Waals surface area (Å²) >= 11 is 0. The van der Waals surface area contributed by atoms with Crippen molar-refractivity contribution in [3.05, 3.63) is 0 Å². The zero-order chi connectivity index (χ0) is 14.8. The number of likely N-dealkylation sites (tertiary alicyclic amines) is 1. The lowest BCUT2D eigenvalue weighted by atomic mass is 9.80. The smallest absolute Gasteiger partial charge is 0.410 e. The van der Waals surface area contributed by atoms with Gasteiger partial charge in [-0.3, -0.25) is 0 Å². The maximum absolute atomic E-state index is 14.6. The highest BCUT2D eigenvalue weighted by atomic mass is 19.1. The first kappa shape index (κ1) is 16.2. The monoisotopic (exact) mass is 274 g/mol. The van der Waals surface area contributed by atoms with Crippen LogP contribution in [0.15, 0.2) is 0 Å². The van der Waals surface area contributed by atoms with Crippen molar-refractivity contribution in [3.8, 4) is 0 Å². The number of alkyl halides is 1. The van der Waals surface area contributed by atoms with Gasteiger partial charge in [0.15, 0.2) is 0 Å². The second kappa shape index (κ2) is 5.65. The van der Waals surface area contributed by atoms with Crippen LogP contribution >= 0.6 is 0 Å². The molecule has 0 aromatic carbocycles. The Morgan fingerprint density at radius 1 is 1.42 bits per heavy atom. The van der Waals surface area contributed by atoms with Gasteiger partial charge in [0.05, 0.1) is 0 Å². The van der Waals surface area contributed by atoms with E-state index in [9.17, 15) is 9.18 Å². The molecule has 1 amide bonds. The van der Waals surface area contributed by atoms with E-state index in [-0.39, 0.29) is 12.0 Å². The Balaban J connectivity index is 2.67. The van der Waals surface area contributed by atoms with Crippen molar-refractivity contribution < 1.29 is 13.9 Å². The van der Waals surface area contributed by atoms with E-state index in [1.165, 1.54) is 6.92 Å². The standard InChI is InChI=1S/C14H27FN2O2/c1-10(16)14(5,15)11-7-6-8-17(9-11)12(18)19-13(2,3)4/h10-11H,6-9,16H2,1-5H3. The molecule has 3 atom stereocenters. The topological polar surface area (TPSA) is 55.6 Å². The Labute approximate surface area is 115 Å². The number of nitrogens with zero attached hydrogens (tertiary/aromatic N) is 1. The van der Waals surface area contributed by atoms with E-state index in [1.807, 2.05) is 20.8 Å². The highest BCUT2D eigenvalue weighted by molar-refractivity contribution is 5.68. The van der Waals surface area contributed by atoms with Crippen molar-refractivity contribution in [1.82, 2.24) is 4.90 Å². The van der Waals surface area contributed by atoms with Gasteiger partial charge in [-0.25, -0.2) is 9.18 Å². The summed E-state index contributed by atoms with van der Waals surface area (Å²) in [6.45, 7) is 9.69. The molecule has 0 aromatic heterocycles. The number of hydrogen-bond acceptors (Lipinski definition) is 3. The van der Waals surface area contributed by atoms with Crippen LogP contribution in [-0.2, 0) is 4.74 Å². The van der Waals surface area contributed by atoms with Gasteiger partial charge in [-0.15, -0.1) is 0 Å². The van der Waals surface area contributed by atoms with Crippen molar-refractivity contribution in [2.45, 2.75) is 64.8 Å². The molecule has 3 unspecified atom stereocenters. The first-order valence-electron chi connectivity index (χ1n) is 6.96. The number of hydrogen-bond donors (Lipinski definition) is 1. The van der Waals surface area contributed by atoms with Gasteiger partial charge >= 0.3 is 6.09 Å². The van der Waals surface area contributed by atoms with Gasteiger partial charge in [0, 0.05) is 25.0 Å². The second-order valence-corrected chi connectivity index (χ2v) is 6.71. The zero-order valence-corrected chi connectivity index (χ0v) is 12.7. The molecular formula is C14H27FN2O2. The molecule has 2 N–H and O–H groups in total. The van der Waals surface area contributed by atoms with E-state index < -0.39 is 17.3 Å². The van der Waals surface area contributed by atoms with Crippen LogP contribution in [0.5, 0.6) is 0 Å². The van der Waals surface area contributed by atoms with E-state index >= 15 is 0 Å². The van der Waals surface area contributed by atoms with Crippen LogP contribution in [0.25, 0.3) is 0 Å². The highest BCUT2D eigenvalue weighted by Gasteiger charge is 2.41. The molecule has 1 heterocycles.